The van der Waals surface area contributed by atoms with Crippen molar-refractivity contribution in [2.45, 2.75) is 33.6 Å². The highest BCUT2D eigenvalue weighted by atomic mass is 16.5. The maximum Gasteiger partial charge on any atom is 0.225 e. The molecular formula is C22H28N6O3. The quantitative estimate of drug-likeness (QED) is 0.623. The minimum Gasteiger partial charge on any atom is -0.458 e. The van der Waals surface area contributed by atoms with Crippen molar-refractivity contribution in [2.24, 2.45) is 0 Å². The third kappa shape index (κ3) is 5.36. The molecule has 9 heteroatoms. The monoisotopic (exact) mass is 424 g/mol. The number of furan rings is 1. The molecule has 3 aromatic heterocycles. The van der Waals surface area contributed by atoms with E-state index in [-0.39, 0.29) is 5.91 Å². The van der Waals surface area contributed by atoms with Crippen LogP contribution in [0.2, 0.25) is 0 Å². The van der Waals surface area contributed by atoms with Crippen molar-refractivity contribution >= 4 is 11.7 Å². The number of aryl methyl sites for hydroxylation is 3. The molecule has 3 aromatic rings. The minimum absolute atomic E-state index is 0.0761. The van der Waals surface area contributed by atoms with Crippen LogP contribution in [0.15, 0.2) is 28.7 Å². The van der Waals surface area contributed by atoms with Crippen molar-refractivity contribution in [1.29, 1.82) is 0 Å². The van der Waals surface area contributed by atoms with Gasteiger partial charge in [-0.1, -0.05) is 0 Å². The number of amides is 1. The molecular weight excluding hydrogens is 396 g/mol. The van der Waals surface area contributed by atoms with Gasteiger partial charge >= 0.3 is 0 Å². The van der Waals surface area contributed by atoms with Crippen LogP contribution in [-0.4, -0.2) is 63.4 Å². The van der Waals surface area contributed by atoms with Gasteiger partial charge in [0.1, 0.15) is 11.6 Å². The Morgan fingerprint density at radius 2 is 1.94 bits per heavy atom. The van der Waals surface area contributed by atoms with E-state index in [2.05, 4.69) is 25.3 Å². The lowest BCUT2D eigenvalue weighted by molar-refractivity contribution is -0.116. The minimum atomic E-state index is -0.0761. The van der Waals surface area contributed by atoms with Crippen LogP contribution >= 0.6 is 0 Å². The van der Waals surface area contributed by atoms with Gasteiger partial charge in [0.25, 0.3) is 0 Å². The number of carbonyl (C=O) groups is 1. The van der Waals surface area contributed by atoms with Crippen LogP contribution in [0.5, 0.6) is 0 Å². The molecule has 4 heterocycles. The van der Waals surface area contributed by atoms with Crippen LogP contribution in [0.4, 0.5) is 5.82 Å². The predicted octanol–water partition coefficient (Wildman–Crippen LogP) is 2.90. The summed E-state index contributed by atoms with van der Waals surface area (Å²) in [5, 5.41) is 7.43. The van der Waals surface area contributed by atoms with Gasteiger partial charge in [-0.05, 0) is 51.9 Å². The van der Waals surface area contributed by atoms with Gasteiger partial charge < -0.3 is 14.5 Å². The first-order chi connectivity index (χ1) is 15.0. The van der Waals surface area contributed by atoms with Gasteiger partial charge in [-0.3, -0.25) is 9.69 Å². The van der Waals surface area contributed by atoms with E-state index in [0.29, 0.717) is 29.6 Å². The number of carbonyl (C=O) groups excluding carboxylic acids is 1. The van der Waals surface area contributed by atoms with Gasteiger partial charge in [-0.25, -0.2) is 14.6 Å². The van der Waals surface area contributed by atoms with E-state index in [4.69, 9.17) is 9.15 Å². The highest BCUT2D eigenvalue weighted by Gasteiger charge is 2.16. The SMILES string of the molecule is Cc1cc(C)n(-c2cc(NC(=O)CCCN3CCOCC3)nc(-c3ccc(C)o3)n2)n1. The van der Waals surface area contributed by atoms with E-state index in [1.165, 1.54) is 0 Å². The topological polar surface area (TPSA) is 98.3 Å². The summed E-state index contributed by atoms with van der Waals surface area (Å²) in [6.45, 7) is 10.0. The van der Waals surface area contributed by atoms with Gasteiger partial charge in [-0.15, -0.1) is 0 Å². The maximum atomic E-state index is 12.6. The Hall–Kier alpha value is -3.04. The van der Waals surface area contributed by atoms with Crippen molar-refractivity contribution in [3.8, 4) is 17.4 Å². The standard InChI is InChI=1S/C22H28N6O3/c1-15-13-16(2)28(26-15)20-14-19(24-22(25-20)18-7-6-17(3)31-18)23-21(29)5-4-8-27-9-11-30-12-10-27/h6-7,13-14H,4-5,8-12H2,1-3H3,(H,23,24,25,29). The van der Waals surface area contributed by atoms with Crippen LogP contribution in [0.25, 0.3) is 17.4 Å². The third-order valence-electron chi connectivity index (χ3n) is 5.15. The lowest BCUT2D eigenvalue weighted by Gasteiger charge is -2.26. The number of anilines is 1. The molecule has 0 atom stereocenters. The zero-order valence-electron chi connectivity index (χ0n) is 18.2. The number of hydrogen-bond donors (Lipinski definition) is 1. The molecule has 0 saturated carbocycles. The number of aromatic nitrogens is 4. The molecule has 9 nitrogen and oxygen atoms in total. The lowest BCUT2D eigenvalue weighted by Crippen LogP contribution is -2.37. The lowest BCUT2D eigenvalue weighted by atomic mass is 10.2. The Morgan fingerprint density at radius 3 is 2.61 bits per heavy atom. The molecule has 1 saturated heterocycles. The average molecular weight is 425 g/mol. The van der Waals surface area contributed by atoms with E-state index in [0.717, 1.165) is 56.4 Å². The molecule has 1 N–H and O–H groups in total. The van der Waals surface area contributed by atoms with Crippen molar-refractivity contribution in [3.05, 3.63) is 41.4 Å². The third-order valence-corrected chi connectivity index (χ3v) is 5.15. The molecule has 0 aliphatic carbocycles. The largest absolute Gasteiger partial charge is 0.458 e. The molecule has 1 aliphatic rings. The molecule has 1 aliphatic heterocycles. The van der Waals surface area contributed by atoms with E-state index in [9.17, 15) is 4.79 Å². The van der Waals surface area contributed by atoms with Gasteiger partial charge in [0.15, 0.2) is 17.4 Å². The fourth-order valence-electron chi connectivity index (χ4n) is 3.63. The predicted molar refractivity (Wildman–Crippen MR) is 116 cm³/mol. The van der Waals surface area contributed by atoms with E-state index >= 15 is 0 Å². The van der Waals surface area contributed by atoms with Crippen LogP contribution in [0, 0.1) is 20.8 Å². The number of nitrogens with zero attached hydrogens (tertiary/aromatic N) is 5. The van der Waals surface area contributed by atoms with Gasteiger partial charge in [0.05, 0.1) is 18.9 Å². The first-order valence-corrected chi connectivity index (χ1v) is 10.6. The number of rotatable bonds is 7. The molecule has 0 spiro atoms. The Labute approximate surface area is 181 Å². The van der Waals surface area contributed by atoms with Crippen LogP contribution in [0.3, 0.4) is 0 Å². The van der Waals surface area contributed by atoms with Crippen molar-refractivity contribution in [3.63, 3.8) is 0 Å². The molecule has 0 unspecified atom stereocenters. The molecule has 164 valence electrons. The second-order valence-electron chi connectivity index (χ2n) is 7.79. The molecule has 1 fully saturated rings. The fourth-order valence-corrected chi connectivity index (χ4v) is 3.63. The summed E-state index contributed by atoms with van der Waals surface area (Å²) in [4.78, 5) is 24.0. The number of hydrogen-bond acceptors (Lipinski definition) is 7. The van der Waals surface area contributed by atoms with Gasteiger partial charge in [0, 0.05) is 31.3 Å². The van der Waals surface area contributed by atoms with Gasteiger partial charge in [0.2, 0.25) is 5.91 Å². The summed E-state index contributed by atoms with van der Waals surface area (Å²) in [5.41, 5.74) is 1.83. The highest BCUT2D eigenvalue weighted by Crippen LogP contribution is 2.23. The zero-order valence-corrected chi connectivity index (χ0v) is 18.2. The Bertz CT molecular complexity index is 1050. The maximum absolute atomic E-state index is 12.6. The second-order valence-corrected chi connectivity index (χ2v) is 7.79. The van der Waals surface area contributed by atoms with Crippen molar-refractivity contribution in [2.75, 3.05) is 38.2 Å². The van der Waals surface area contributed by atoms with Crippen LogP contribution in [-0.2, 0) is 9.53 Å². The average Bonchev–Trinajstić information content (AvgIpc) is 3.33. The molecule has 0 bridgehead atoms. The highest BCUT2D eigenvalue weighted by molar-refractivity contribution is 5.90. The molecule has 1 amide bonds. The summed E-state index contributed by atoms with van der Waals surface area (Å²) < 4.78 is 12.8. The Balaban J connectivity index is 1.51. The van der Waals surface area contributed by atoms with Crippen LogP contribution in [0.1, 0.15) is 30.0 Å². The number of nitrogens with one attached hydrogen (secondary N) is 1. The normalized spacial score (nSPS) is 14.7. The van der Waals surface area contributed by atoms with Crippen LogP contribution < -0.4 is 5.32 Å². The van der Waals surface area contributed by atoms with Crippen molar-refractivity contribution in [1.82, 2.24) is 24.6 Å². The van der Waals surface area contributed by atoms with E-state index in [1.807, 2.05) is 39.0 Å². The first-order valence-electron chi connectivity index (χ1n) is 10.6. The molecule has 0 radical (unpaired) electrons. The number of morpholine rings is 1. The smallest absolute Gasteiger partial charge is 0.225 e. The fraction of sp³-hybridized carbons (Fsp3) is 0.455. The summed E-state index contributed by atoms with van der Waals surface area (Å²) >= 11 is 0. The Kier molecular flexibility index (Phi) is 6.43. The van der Waals surface area contributed by atoms with Crippen molar-refractivity contribution < 1.29 is 13.9 Å². The summed E-state index contributed by atoms with van der Waals surface area (Å²) in [6.07, 6.45) is 1.21. The summed E-state index contributed by atoms with van der Waals surface area (Å²) in [5.74, 6) is 2.65. The van der Waals surface area contributed by atoms with E-state index in [1.54, 1.807) is 10.7 Å². The molecule has 0 aromatic carbocycles. The molecule has 4 rings (SSSR count). The first kappa shape index (κ1) is 21.2. The van der Waals surface area contributed by atoms with Gasteiger partial charge in [-0.2, -0.15) is 5.10 Å². The zero-order chi connectivity index (χ0) is 21.8. The number of ether oxygens (including phenoxy) is 1. The molecule has 31 heavy (non-hydrogen) atoms. The van der Waals surface area contributed by atoms with E-state index < -0.39 is 0 Å². The summed E-state index contributed by atoms with van der Waals surface area (Å²) in [6, 6.07) is 7.39. The second kappa shape index (κ2) is 9.40. The Morgan fingerprint density at radius 1 is 1.13 bits per heavy atom. The summed E-state index contributed by atoms with van der Waals surface area (Å²) in [7, 11) is 0.